The molecule has 6 nitrogen and oxygen atoms in total. The third-order valence-corrected chi connectivity index (χ3v) is 4.13. The van der Waals surface area contributed by atoms with E-state index < -0.39 is 5.91 Å². The van der Waals surface area contributed by atoms with E-state index in [1.807, 2.05) is 54.6 Å². The maximum atomic E-state index is 11.9. The highest BCUT2D eigenvalue weighted by Crippen LogP contribution is 2.33. The van der Waals surface area contributed by atoms with Crippen molar-refractivity contribution in [2.75, 3.05) is 0 Å². The van der Waals surface area contributed by atoms with Crippen molar-refractivity contribution < 1.29 is 4.79 Å². The largest absolute Gasteiger partial charge is 0.366 e. The van der Waals surface area contributed by atoms with Crippen molar-refractivity contribution in [3.63, 3.8) is 0 Å². The first-order valence-electron chi connectivity index (χ1n) is 7.98. The summed E-state index contributed by atoms with van der Waals surface area (Å²) in [4.78, 5) is 11.9. The number of aromatic amines is 1. The fraction of sp³-hybridized carbons (Fsp3) is 0. The highest BCUT2D eigenvalue weighted by Gasteiger charge is 2.18. The van der Waals surface area contributed by atoms with E-state index in [4.69, 9.17) is 5.73 Å². The molecule has 0 spiro atoms. The number of benzene rings is 3. The summed E-state index contributed by atoms with van der Waals surface area (Å²) in [6, 6.07) is 24.4. The minimum Gasteiger partial charge on any atom is -0.366 e. The summed E-state index contributed by atoms with van der Waals surface area (Å²) in [7, 11) is 0. The predicted octanol–water partition coefficient (Wildman–Crippen LogP) is 3.10. The number of carbonyl (C=O) groups excluding carboxylic acids is 1. The van der Waals surface area contributed by atoms with E-state index in [1.165, 1.54) is 0 Å². The van der Waals surface area contributed by atoms with Crippen molar-refractivity contribution in [1.82, 2.24) is 20.6 Å². The average molecular weight is 340 g/mol. The molecule has 0 aliphatic heterocycles. The summed E-state index contributed by atoms with van der Waals surface area (Å²) in [6.07, 6.45) is 0. The number of carbonyl (C=O) groups is 1. The molecule has 125 valence electrons. The van der Waals surface area contributed by atoms with E-state index in [9.17, 15) is 4.79 Å². The number of amides is 1. The number of hydrogen-bond acceptors (Lipinski definition) is 4. The highest BCUT2D eigenvalue weighted by atomic mass is 16.1. The van der Waals surface area contributed by atoms with Crippen LogP contribution < -0.4 is 5.73 Å². The molecular formula is C20H14N5O. The van der Waals surface area contributed by atoms with Gasteiger partial charge in [-0.25, -0.2) is 5.10 Å². The topological polar surface area (TPSA) is 97.6 Å². The summed E-state index contributed by atoms with van der Waals surface area (Å²) in [5.41, 5.74) is 10.3. The fourth-order valence-electron chi connectivity index (χ4n) is 2.92. The van der Waals surface area contributed by atoms with Crippen LogP contribution in [0.4, 0.5) is 0 Å². The molecule has 3 aromatic carbocycles. The number of aromatic nitrogens is 4. The van der Waals surface area contributed by atoms with E-state index in [0.717, 1.165) is 22.3 Å². The lowest BCUT2D eigenvalue weighted by Gasteiger charge is -2.11. The minimum atomic E-state index is -0.534. The van der Waals surface area contributed by atoms with Crippen LogP contribution in [0.1, 0.15) is 10.4 Å². The number of tetrazole rings is 1. The van der Waals surface area contributed by atoms with E-state index in [0.29, 0.717) is 17.0 Å². The van der Waals surface area contributed by atoms with Gasteiger partial charge in [-0.1, -0.05) is 60.7 Å². The van der Waals surface area contributed by atoms with Gasteiger partial charge in [0.05, 0.1) is 5.56 Å². The van der Waals surface area contributed by atoms with Gasteiger partial charge in [-0.3, -0.25) is 4.79 Å². The van der Waals surface area contributed by atoms with E-state index >= 15 is 0 Å². The smallest absolute Gasteiger partial charge is 0.249 e. The molecule has 0 bridgehead atoms. The normalized spacial score (nSPS) is 10.6. The van der Waals surface area contributed by atoms with Crippen LogP contribution in [0.25, 0.3) is 33.6 Å². The van der Waals surface area contributed by atoms with Crippen molar-refractivity contribution in [2.24, 2.45) is 5.73 Å². The summed E-state index contributed by atoms with van der Waals surface area (Å²) < 4.78 is 0. The Balaban J connectivity index is 1.83. The van der Waals surface area contributed by atoms with Gasteiger partial charge in [0.15, 0.2) is 5.82 Å². The lowest BCUT2D eigenvalue weighted by molar-refractivity contribution is 0.100. The van der Waals surface area contributed by atoms with Gasteiger partial charge in [0.2, 0.25) is 5.91 Å². The van der Waals surface area contributed by atoms with Gasteiger partial charge in [0.25, 0.3) is 0 Å². The van der Waals surface area contributed by atoms with Gasteiger partial charge in [-0.05, 0) is 44.8 Å². The Kier molecular flexibility index (Phi) is 3.99. The summed E-state index contributed by atoms with van der Waals surface area (Å²) >= 11 is 0. The van der Waals surface area contributed by atoms with Crippen molar-refractivity contribution in [2.45, 2.75) is 0 Å². The minimum absolute atomic E-state index is 0.363. The zero-order chi connectivity index (χ0) is 17.9. The van der Waals surface area contributed by atoms with E-state index in [1.54, 1.807) is 12.1 Å². The number of nitrogens with two attached hydrogens (primary N) is 1. The zero-order valence-electron chi connectivity index (χ0n) is 13.7. The third-order valence-electron chi connectivity index (χ3n) is 4.13. The third kappa shape index (κ3) is 2.84. The molecular weight excluding hydrogens is 326 g/mol. The Morgan fingerprint density at radius 3 is 2.42 bits per heavy atom. The maximum absolute atomic E-state index is 11.9. The molecule has 4 aromatic rings. The van der Waals surface area contributed by atoms with Crippen LogP contribution in [-0.4, -0.2) is 26.5 Å². The number of nitrogens with one attached hydrogen (secondary N) is 1. The predicted molar refractivity (Wildman–Crippen MR) is 97.8 cm³/mol. The van der Waals surface area contributed by atoms with Crippen LogP contribution in [0.15, 0.2) is 66.7 Å². The quantitative estimate of drug-likeness (QED) is 0.596. The molecule has 0 saturated carbocycles. The van der Waals surface area contributed by atoms with Crippen LogP contribution >= 0.6 is 0 Å². The standard InChI is InChI=1S/C20H14N5O/c21-19(26)17-8-4-7-16(18(17)20-22-24-25-23-20)15-11-9-14(10-12-15)13-5-2-1-3-6-13/h1-5,7-12H,(H2,21,26)(H,22,23,24,25). The fourth-order valence-corrected chi connectivity index (χ4v) is 2.92. The molecule has 0 saturated heterocycles. The molecule has 1 heterocycles. The van der Waals surface area contributed by atoms with Crippen molar-refractivity contribution >= 4 is 5.91 Å². The number of hydrogen-bond donors (Lipinski definition) is 2. The van der Waals surface area contributed by atoms with Gasteiger partial charge >= 0.3 is 0 Å². The molecule has 0 aliphatic carbocycles. The first-order valence-corrected chi connectivity index (χ1v) is 7.98. The molecule has 6 heteroatoms. The first kappa shape index (κ1) is 15.7. The second kappa shape index (κ2) is 6.60. The van der Waals surface area contributed by atoms with Gasteiger partial charge in [0.1, 0.15) is 0 Å². The van der Waals surface area contributed by atoms with Crippen LogP contribution in [0.3, 0.4) is 0 Å². The van der Waals surface area contributed by atoms with Crippen LogP contribution in [0.2, 0.25) is 0 Å². The number of primary amides is 1. The molecule has 0 atom stereocenters. The second-order valence-corrected chi connectivity index (χ2v) is 5.70. The Morgan fingerprint density at radius 1 is 0.962 bits per heavy atom. The monoisotopic (exact) mass is 340 g/mol. The first-order chi connectivity index (χ1) is 12.7. The van der Waals surface area contributed by atoms with Crippen molar-refractivity contribution in [1.29, 1.82) is 0 Å². The molecule has 0 aliphatic rings. The molecule has 0 fully saturated rings. The maximum Gasteiger partial charge on any atom is 0.249 e. The van der Waals surface area contributed by atoms with Gasteiger partial charge in [0, 0.05) is 5.56 Å². The Labute approximate surface area is 149 Å². The SMILES string of the molecule is NC(=O)c1cccc(-c2ccc(-c3[c]cccc3)cc2)c1-c1nnn[nH]1. The Hall–Kier alpha value is -3.80. The van der Waals surface area contributed by atoms with Gasteiger partial charge < -0.3 is 5.73 Å². The van der Waals surface area contributed by atoms with E-state index in [2.05, 4.69) is 26.7 Å². The Morgan fingerprint density at radius 2 is 1.77 bits per heavy atom. The zero-order valence-corrected chi connectivity index (χ0v) is 13.7. The van der Waals surface area contributed by atoms with Gasteiger partial charge in [-0.15, -0.1) is 5.10 Å². The molecule has 4 rings (SSSR count). The highest BCUT2D eigenvalue weighted by molar-refractivity contribution is 6.03. The molecule has 26 heavy (non-hydrogen) atoms. The molecule has 0 unspecified atom stereocenters. The summed E-state index contributed by atoms with van der Waals surface area (Å²) in [6.45, 7) is 0. The summed E-state index contributed by atoms with van der Waals surface area (Å²) in [5.74, 6) is -0.136. The molecule has 1 radical (unpaired) electrons. The number of nitrogens with zero attached hydrogens (tertiary/aromatic N) is 3. The summed E-state index contributed by atoms with van der Waals surface area (Å²) in [5, 5.41) is 13.9. The van der Waals surface area contributed by atoms with Crippen LogP contribution in [0.5, 0.6) is 0 Å². The van der Waals surface area contributed by atoms with Crippen molar-refractivity contribution in [3.05, 3.63) is 78.4 Å². The lowest BCUT2D eigenvalue weighted by Crippen LogP contribution is -2.13. The second-order valence-electron chi connectivity index (χ2n) is 5.70. The van der Waals surface area contributed by atoms with Crippen LogP contribution in [0, 0.1) is 6.07 Å². The molecule has 3 N–H and O–H groups in total. The van der Waals surface area contributed by atoms with E-state index in [-0.39, 0.29) is 0 Å². The lowest BCUT2D eigenvalue weighted by atomic mass is 9.93. The molecule has 1 aromatic heterocycles. The Bertz CT molecular complexity index is 1040. The van der Waals surface area contributed by atoms with Crippen molar-refractivity contribution in [3.8, 4) is 33.6 Å². The number of rotatable bonds is 4. The average Bonchev–Trinajstić information content (AvgIpc) is 3.22. The molecule has 1 amide bonds. The van der Waals surface area contributed by atoms with Crippen LogP contribution in [-0.2, 0) is 0 Å². The van der Waals surface area contributed by atoms with Gasteiger partial charge in [-0.2, -0.15) is 0 Å². The number of H-pyrrole nitrogens is 1.